The molecule has 0 bridgehead atoms. The third kappa shape index (κ3) is 2.44. The third-order valence-electron chi connectivity index (χ3n) is 4.19. The summed E-state index contributed by atoms with van der Waals surface area (Å²) >= 11 is 0. The standard InChI is InChI=1S/C20H11NO5/c22-11-5-7-15-17(9-11)26-18-10-12(23)6-8-16(18)19(15)13-3-1-2-4-14(13)20(24)21-25/h1-10,22H. The fourth-order valence-electron chi connectivity index (χ4n) is 3.09. The maximum absolute atomic E-state index is 12.0. The van der Waals surface area contributed by atoms with Crippen LogP contribution in [-0.2, 0) is 0 Å². The van der Waals surface area contributed by atoms with Crippen LogP contribution < -0.4 is 5.43 Å². The van der Waals surface area contributed by atoms with Crippen molar-refractivity contribution in [2.24, 2.45) is 5.18 Å². The summed E-state index contributed by atoms with van der Waals surface area (Å²) in [6.07, 6.45) is 0. The van der Waals surface area contributed by atoms with Crippen molar-refractivity contribution in [3.05, 3.63) is 81.4 Å². The number of nitroso groups, excluding NO2 is 1. The molecule has 6 heteroatoms. The van der Waals surface area contributed by atoms with Crippen molar-refractivity contribution >= 4 is 16.9 Å². The van der Waals surface area contributed by atoms with E-state index in [9.17, 15) is 19.6 Å². The Morgan fingerprint density at radius 3 is 2.58 bits per heavy atom. The number of aromatic hydroxyl groups is 1. The Bertz CT molecular complexity index is 1210. The van der Waals surface area contributed by atoms with Crippen LogP contribution in [0.5, 0.6) is 5.75 Å². The Balaban J connectivity index is 2.20. The first-order chi connectivity index (χ1) is 12.6. The largest absolute Gasteiger partial charge is 0.508 e. The van der Waals surface area contributed by atoms with Gasteiger partial charge in [-0.2, -0.15) is 0 Å². The lowest BCUT2D eigenvalue weighted by Crippen LogP contribution is -2.02. The van der Waals surface area contributed by atoms with Gasteiger partial charge in [-0.05, 0) is 35.9 Å². The zero-order valence-corrected chi connectivity index (χ0v) is 13.3. The molecule has 126 valence electrons. The maximum Gasteiger partial charge on any atom is 0.317 e. The summed E-state index contributed by atoms with van der Waals surface area (Å²) in [5.74, 6) is -0.572. The molecule has 4 rings (SSSR count). The molecule has 6 nitrogen and oxygen atoms in total. The smallest absolute Gasteiger partial charge is 0.317 e. The van der Waals surface area contributed by atoms with Crippen molar-refractivity contribution in [3.8, 4) is 28.2 Å². The van der Waals surface area contributed by atoms with E-state index < -0.39 is 5.91 Å². The van der Waals surface area contributed by atoms with Crippen LogP contribution in [0.25, 0.3) is 33.4 Å². The van der Waals surface area contributed by atoms with Crippen LogP contribution >= 0.6 is 0 Å². The van der Waals surface area contributed by atoms with Crippen LogP contribution in [0.4, 0.5) is 0 Å². The van der Waals surface area contributed by atoms with Crippen LogP contribution in [0, 0.1) is 4.91 Å². The van der Waals surface area contributed by atoms with Crippen LogP contribution in [0.1, 0.15) is 10.4 Å². The molecule has 26 heavy (non-hydrogen) atoms. The Morgan fingerprint density at radius 1 is 0.962 bits per heavy atom. The molecule has 1 N–H and O–H groups in total. The second-order valence-electron chi connectivity index (χ2n) is 5.76. The van der Waals surface area contributed by atoms with Gasteiger partial charge in [-0.1, -0.05) is 18.2 Å². The van der Waals surface area contributed by atoms with Crippen LogP contribution in [0.2, 0.25) is 0 Å². The van der Waals surface area contributed by atoms with Gasteiger partial charge in [0, 0.05) is 33.8 Å². The fourth-order valence-corrected chi connectivity index (χ4v) is 3.09. The van der Waals surface area contributed by atoms with Gasteiger partial charge >= 0.3 is 5.91 Å². The lowest BCUT2D eigenvalue weighted by atomic mass is 9.90. The molecule has 0 fully saturated rings. The SMILES string of the molecule is O=NC(=O)c1ccccc1-c1c2ccc(=O)cc-2oc2cc(O)ccc12. The number of fused-ring (bicyclic) bond motifs is 2. The van der Waals surface area contributed by atoms with E-state index in [1.165, 1.54) is 30.3 Å². The zero-order chi connectivity index (χ0) is 18.3. The van der Waals surface area contributed by atoms with Gasteiger partial charge in [0.25, 0.3) is 0 Å². The molecule has 0 saturated heterocycles. The van der Waals surface area contributed by atoms with Crippen molar-refractivity contribution in [2.45, 2.75) is 0 Å². The molecule has 2 aliphatic rings. The molecule has 1 aliphatic heterocycles. The second kappa shape index (κ2) is 5.93. The van der Waals surface area contributed by atoms with E-state index in [4.69, 9.17) is 4.42 Å². The van der Waals surface area contributed by atoms with Crippen molar-refractivity contribution in [3.63, 3.8) is 0 Å². The van der Waals surface area contributed by atoms with E-state index in [2.05, 4.69) is 5.18 Å². The van der Waals surface area contributed by atoms with Gasteiger partial charge in [0.15, 0.2) is 5.43 Å². The van der Waals surface area contributed by atoms with Crippen molar-refractivity contribution < 1.29 is 14.3 Å². The number of hydrogen-bond acceptors (Lipinski definition) is 5. The average molecular weight is 345 g/mol. The van der Waals surface area contributed by atoms with Crippen LogP contribution in [0.15, 0.2) is 75.1 Å². The van der Waals surface area contributed by atoms with Crippen LogP contribution in [-0.4, -0.2) is 11.0 Å². The summed E-state index contributed by atoms with van der Waals surface area (Å²) in [5, 5.41) is 12.9. The lowest BCUT2D eigenvalue weighted by Gasteiger charge is -2.16. The molecule has 0 saturated carbocycles. The molecule has 1 heterocycles. The van der Waals surface area contributed by atoms with E-state index in [0.717, 1.165) is 0 Å². The highest BCUT2D eigenvalue weighted by atomic mass is 16.3. The van der Waals surface area contributed by atoms with Gasteiger partial charge in [0.2, 0.25) is 0 Å². The van der Waals surface area contributed by atoms with Gasteiger partial charge in [0.1, 0.15) is 17.1 Å². The fraction of sp³-hybridized carbons (Fsp3) is 0. The first-order valence-electron chi connectivity index (χ1n) is 7.75. The number of rotatable bonds is 2. The maximum atomic E-state index is 12.0. The molecule has 0 spiro atoms. The highest BCUT2D eigenvalue weighted by Gasteiger charge is 2.21. The highest BCUT2D eigenvalue weighted by molar-refractivity contribution is 6.09. The second-order valence-corrected chi connectivity index (χ2v) is 5.76. The monoisotopic (exact) mass is 345 g/mol. The predicted molar refractivity (Wildman–Crippen MR) is 96.3 cm³/mol. The number of phenols is 1. The minimum atomic E-state index is -0.887. The molecule has 0 aromatic heterocycles. The van der Waals surface area contributed by atoms with Gasteiger partial charge in [-0.25, -0.2) is 0 Å². The number of hydrogen-bond donors (Lipinski definition) is 1. The Kier molecular flexibility index (Phi) is 3.58. The summed E-state index contributed by atoms with van der Waals surface area (Å²) in [6, 6.07) is 15.5. The molecule has 1 aliphatic carbocycles. The van der Waals surface area contributed by atoms with Gasteiger partial charge in [-0.15, -0.1) is 4.91 Å². The van der Waals surface area contributed by atoms with E-state index in [-0.39, 0.29) is 16.7 Å². The Morgan fingerprint density at radius 2 is 1.77 bits per heavy atom. The first-order valence-corrected chi connectivity index (χ1v) is 7.75. The average Bonchev–Trinajstić information content (AvgIpc) is 2.65. The molecule has 2 aromatic rings. The van der Waals surface area contributed by atoms with Crippen molar-refractivity contribution in [1.29, 1.82) is 0 Å². The zero-order valence-electron chi connectivity index (χ0n) is 13.3. The summed E-state index contributed by atoms with van der Waals surface area (Å²) in [4.78, 5) is 34.5. The molecule has 1 amide bonds. The number of carbonyl (C=O) groups is 1. The molecular formula is C20H11NO5. The Labute approximate surface area is 146 Å². The number of amides is 1. The van der Waals surface area contributed by atoms with E-state index in [0.29, 0.717) is 33.4 Å². The van der Waals surface area contributed by atoms with E-state index in [1.807, 2.05) is 0 Å². The molecule has 0 radical (unpaired) electrons. The third-order valence-corrected chi connectivity index (χ3v) is 4.19. The Hall–Kier alpha value is -3.80. The molecular weight excluding hydrogens is 334 g/mol. The minimum Gasteiger partial charge on any atom is -0.508 e. The summed E-state index contributed by atoms with van der Waals surface area (Å²) < 4.78 is 5.77. The van der Waals surface area contributed by atoms with Crippen LogP contribution in [0.3, 0.4) is 0 Å². The predicted octanol–water partition coefficient (Wildman–Crippen LogP) is 4.18. The number of benzene rings is 3. The van der Waals surface area contributed by atoms with E-state index in [1.54, 1.807) is 30.3 Å². The van der Waals surface area contributed by atoms with Gasteiger partial charge in [0.05, 0.1) is 5.56 Å². The first kappa shape index (κ1) is 15.7. The summed E-state index contributed by atoms with van der Waals surface area (Å²) in [7, 11) is 0. The quantitative estimate of drug-likeness (QED) is 0.434. The molecule has 2 aromatic carbocycles. The number of carbonyl (C=O) groups excluding carboxylic acids is 1. The normalized spacial score (nSPS) is 10.9. The van der Waals surface area contributed by atoms with Gasteiger partial charge in [-0.3, -0.25) is 9.59 Å². The minimum absolute atomic E-state index is 0.00347. The topological polar surface area (TPSA) is 96.9 Å². The number of phenolic OH excluding ortho intramolecular Hbond substituents is 1. The van der Waals surface area contributed by atoms with Crippen molar-refractivity contribution in [1.82, 2.24) is 0 Å². The number of nitrogens with zero attached hydrogens (tertiary/aromatic N) is 1. The van der Waals surface area contributed by atoms with Gasteiger partial charge < -0.3 is 9.52 Å². The molecule has 0 atom stereocenters. The molecule has 0 unspecified atom stereocenters. The highest BCUT2D eigenvalue weighted by Crippen LogP contribution is 2.41. The van der Waals surface area contributed by atoms with Crippen molar-refractivity contribution in [2.75, 3.05) is 0 Å². The van der Waals surface area contributed by atoms with E-state index >= 15 is 0 Å². The summed E-state index contributed by atoms with van der Waals surface area (Å²) in [5.41, 5.74) is 1.98. The summed E-state index contributed by atoms with van der Waals surface area (Å²) in [6.45, 7) is 0. The lowest BCUT2D eigenvalue weighted by molar-refractivity contribution is 0.100.